The normalized spacial score (nSPS) is 10.5. The number of nitrogens with zero attached hydrogens (tertiary/aromatic N) is 2. The molecule has 2 rings (SSSR count). The van der Waals surface area contributed by atoms with Gasteiger partial charge in [-0.2, -0.15) is 0 Å². The molecule has 2 aromatic rings. The summed E-state index contributed by atoms with van der Waals surface area (Å²) in [6.45, 7) is 7.16. The lowest BCUT2D eigenvalue weighted by Crippen LogP contribution is -2.08. The summed E-state index contributed by atoms with van der Waals surface area (Å²) >= 11 is 3.53. The lowest BCUT2D eigenvalue weighted by Gasteiger charge is -2.15. The van der Waals surface area contributed by atoms with Crippen LogP contribution in [0.1, 0.15) is 31.4 Å². The minimum absolute atomic E-state index is 0.850. The average molecular weight is 349 g/mol. The van der Waals surface area contributed by atoms with Gasteiger partial charge in [-0.05, 0) is 44.0 Å². The van der Waals surface area contributed by atoms with Crippen LogP contribution < -0.4 is 10.6 Å². The Bertz CT molecular complexity index is 593. The number of benzene rings is 1. The molecule has 0 radical (unpaired) electrons. The largest absolute Gasteiger partial charge is 0.370 e. The third kappa shape index (κ3) is 4.17. The molecule has 1 aromatic heterocycles. The predicted octanol–water partition coefficient (Wildman–Crippen LogP) is 4.68. The van der Waals surface area contributed by atoms with E-state index >= 15 is 0 Å². The fourth-order valence-electron chi connectivity index (χ4n) is 2.27. The van der Waals surface area contributed by atoms with Gasteiger partial charge in [0.25, 0.3) is 0 Å². The third-order valence-corrected chi connectivity index (χ3v) is 3.55. The van der Waals surface area contributed by atoms with Crippen LogP contribution in [0, 0.1) is 6.92 Å². The van der Waals surface area contributed by atoms with Crippen LogP contribution in [0.3, 0.4) is 0 Å². The summed E-state index contributed by atoms with van der Waals surface area (Å²) in [6.07, 6.45) is 3.60. The molecule has 0 amide bonds. The minimum atomic E-state index is 0.850. The molecule has 0 fully saturated rings. The summed E-state index contributed by atoms with van der Waals surface area (Å²) in [5.41, 5.74) is 3.37. The predicted molar refractivity (Wildman–Crippen MR) is 92.4 cm³/mol. The van der Waals surface area contributed by atoms with Gasteiger partial charge in [-0.25, -0.2) is 9.97 Å². The van der Waals surface area contributed by atoms with Crippen molar-refractivity contribution in [3.8, 4) is 0 Å². The van der Waals surface area contributed by atoms with E-state index in [0.717, 1.165) is 46.7 Å². The van der Waals surface area contributed by atoms with Gasteiger partial charge < -0.3 is 10.6 Å². The van der Waals surface area contributed by atoms with E-state index in [1.165, 1.54) is 5.56 Å². The zero-order valence-corrected chi connectivity index (χ0v) is 14.3. The first kappa shape index (κ1) is 15.8. The lowest BCUT2D eigenvalue weighted by molar-refractivity contribution is 0.902. The Kier molecular flexibility index (Phi) is 5.56. The first-order valence-electron chi connectivity index (χ1n) is 7.26. The van der Waals surface area contributed by atoms with Crippen molar-refractivity contribution in [2.75, 3.05) is 17.2 Å². The van der Waals surface area contributed by atoms with Crippen LogP contribution in [-0.4, -0.2) is 16.5 Å². The Morgan fingerprint density at radius 1 is 1.10 bits per heavy atom. The van der Waals surface area contributed by atoms with Crippen molar-refractivity contribution in [2.45, 2.75) is 33.6 Å². The SMILES string of the molecule is CCCc1c(NCC)ncnc1Nc1cc(C)cc(Br)c1. The van der Waals surface area contributed by atoms with Crippen molar-refractivity contribution in [1.82, 2.24) is 9.97 Å². The number of aromatic nitrogens is 2. The Hall–Kier alpha value is -1.62. The molecular weight excluding hydrogens is 328 g/mol. The number of anilines is 3. The molecule has 0 spiro atoms. The molecule has 2 N–H and O–H groups in total. The van der Waals surface area contributed by atoms with Crippen molar-refractivity contribution in [1.29, 1.82) is 0 Å². The zero-order chi connectivity index (χ0) is 15.2. The second-order valence-electron chi connectivity index (χ2n) is 4.97. The molecule has 0 aliphatic heterocycles. The van der Waals surface area contributed by atoms with E-state index in [-0.39, 0.29) is 0 Å². The number of hydrogen-bond acceptors (Lipinski definition) is 4. The molecule has 21 heavy (non-hydrogen) atoms. The van der Waals surface area contributed by atoms with Crippen LogP contribution >= 0.6 is 15.9 Å². The Labute approximate surface area is 134 Å². The second kappa shape index (κ2) is 7.41. The lowest BCUT2D eigenvalue weighted by atomic mass is 10.1. The molecule has 4 nitrogen and oxygen atoms in total. The van der Waals surface area contributed by atoms with E-state index in [1.807, 2.05) is 0 Å². The van der Waals surface area contributed by atoms with Crippen molar-refractivity contribution >= 4 is 33.3 Å². The van der Waals surface area contributed by atoms with E-state index in [2.05, 4.69) is 75.5 Å². The number of halogens is 1. The molecule has 0 atom stereocenters. The van der Waals surface area contributed by atoms with Crippen LogP contribution in [0.5, 0.6) is 0 Å². The number of hydrogen-bond donors (Lipinski definition) is 2. The highest BCUT2D eigenvalue weighted by atomic mass is 79.9. The van der Waals surface area contributed by atoms with E-state index in [9.17, 15) is 0 Å². The molecular formula is C16H21BrN4. The fourth-order valence-corrected chi connectivity index (χ4v) is 2.88. The number of aryl methyl sites for hydroxylation is 1. The summed E-state index contributed by atoms with van der Waals surface area (Å²) in [5.74, 6) is 1.80. The molecule has 0 bridgehead atoms. The van der Waals surface area contributed by atoms with Gasteiger partial charge in [0, 0.05) is 22.3 Å². The second-order valence-corrected chi connectivity index (χ2v) is 5.89. The van der Waals surface area contributed by atoms with Crippen molar-refractivity contribution in [3.63, 3.8) is 0 Å². The van der Waals surface area contributed by atoms with Gasteiger partial charge in [-0.15, -0.1) is 0 Å². The molecule has 0 saturated heterocycles. The topological polar surface area (TPSA) is 49.8 Å². The van der Waals surface area contributed by atoms with Crippen LogP contribution in [0.15, 0.2) is 29.0 Å². The summed E-state index contributed by atoms with van der Waals surface area (Å²) in [6, 6.07) is 6.25. The summed E-state index contributed by atoms with van der Waals surface area (Å²) in [7, 11) is 0. The molecule has 0 aliphatic rings. The monoisotopic (exact) mass is 348 g/mol. The van der Waals surface area contributed by atoms with Gasteiger partial charge in [0.15, 0.2) is 0 Å². The summed E-state index contributed by atoms with van der Waals surface area (Å²) < 4.78 is 1.06. The Morgan fingerprint density at radius 2 is 1.86 bits per heavy atom. The fraction of sp³-hybridized carbons (Fsp3) is 0.375. The van der Waals surface area contributed by atoms with Crippen LogP contribution in [0.25, 0.3) is 0 Å². The molecule has 0 saturated carbocycles. The molecule has 112 valence electrons. The molecule has 0 aliphatic carbocycles. The van der Waals surface area contributed by atoms with Crippen molar-refractivity contribution < 1.29 is 0 Å². The van der Waals surface area contributed by atoms with Gasteiger partial charge in [0.2, 0.25) is 0 Å². The van der Waals surface area contributed by atoms with E-state index in [1.54, 1.807) is 6.33 Å². The summed E-state index contributed by atoms with van der Waals surface area (Å²) in [5, 5.41) is 6.73. The number of nitrogens with one attached hydrogen (secondary N) is 2. The quantitative estimate of drug-likeness (QED) is 0.795. The van der Waals surface area contributed by atoms with Crippen LogP contribution in [-0.2, 0) is 6.42 Å². The first-order chi connectivity index (χ1) is 10.1. The maximum Gasteiger partial charge on any atom is 0.139 e. The highest BCUT2D eigenvalue weighted by molar-refractivity contribution is 9.10. The minimum Gasteiger partial charge on any atom is -0.370 e. The third-order valence-electron chi connectivity index (χ3n) is 3.09. The Morgan fingerprint density at radius 3 is 2.52 bits per heavy atom. The van der Waals surface area contributed by atoms with Crippen LogP contribution in [0.2, 0.25) is 0 Å². The maximum absolute atomic E-state index is 4.42. The van der Waals surface area contributed by atoms with Crippen LogP contribution in [0.4, 0.5) is 17.3 Å². The highest BCUT2D eigenvalue weighted by Crippen LogP contribution is 2.27. The van der Waals surface area contributed by atoms with Crippen molar-refractivity contribution in [3.05, 3.63) is 40.1 Å². The van der Waals surface area contributed by atoms with E-state index < -0.39 is 0 Å². The molecule has 1 heterocycles. The standard InChI is InChI=1S/C16H21BrN4/c1-4-6-14-15(18-5-2)19-10-20-16(14)21-13-8-11(3)7-12(17)9-13/h7-10H,4-6H2,1-3H3,(H2,18,19,20,21). The molecule has 5 heteroatoms. The smallest absolute Gasteiger partial charge is 0.139 e. The van der Waals surface area contributed by atoms with Gasteiger partial charge in [0.1, 0.15) is 18.0 Å². The average Bonchev–Trinajstić information content (AvgIpc) is 2.41. The molecule has 1 aromatic carbocycles. The van der Waals surface area contributed by atoms with Gasteiger partial charge in [-0.3, -0.25) is 0 Å². The zero-order valence-electron chi connectivity index (χ0n) is 12.7. The molecule has 0 unspecified atom stereocenters. The maximum atomic E-state index is 4.42. The highest BCUT2D eigenvalue weighted by Gasteiger charge is 2.10. The van der Waals surface area contributed by atoms with E-state index in [0.29, 0.717) is 0 Å². The van der Waals surface area contributed by atoms with Gasteiger partial charge in [-0.1, -0.05) is 29.3 Å². The summed E-state index contributed by atoms with van der Waals surface area (Å²) in [4.78, 5) is 8.77. The number of rotatable bonds is 6. The first-order valence-corrected chi connectivity index (χ1v) is 8.05. The van der Waals surface area contributed by atoms with Gasteiger partial charge >= 0.3 is 0 Å². The van der Waals surface area contributed by atoms with E-state index in [4.69, 9.17) is 0 Å². The van der Waals surface area contributed by atoms with Gasteiger partial charge in [0.05, 0.1) is 0 Å². The van der Waals surface area contributed by atoms with Crippen molar-refractivity contribution in [2.24, 2.45) is 0 Å². The Balaban J connectivity index is 2.35.